The second-order valence-corrected chi connectivity index (χ2v) is 5.04. The molecule has 8 nitrogen and oxygen atoms in total. The van der Waals surface area contributed by atoms with Gasteiger partial charge in [-0.3, -0.25) is 9.59 Å². The van der Waals surface area contributed by atoms with Gasteiger partial charge >= 0.3 is 5.97 Å². The van der Waals surface area contributed by atoms with Gasteiger partial charge in [0, 0.05) is 5.69 Å². The molecule has 1 aromatic carbocycles. The number of benzene rings is 1. The van der Waals surface area contributed by atoms with E-state index < -0.39 is 17.2 Å². The smallest absolute Gasteiger partial charge is 0.309 e. The zero-order valence-corrected chi connectivity index (χ0v) is 13.6. The number of aromatic nitrogens is 1. The fourth-order valence-electron chi connectivity index (χ4n) is 2.01. The minimum absolute atomic E-state index is 0.113. The van der Waals surface area contributed by atoms with E-state index in [0.29, 0.717) is 11.3 Å². The molecule has 128 valence electrons. The molecule has 0 spiro atoms. The van der Waals surface area contributed by atoms with Gasteiger partial charge in [-0.25, -0.2) is 0 Å². The van der Waals surface area contributed by atoms with E-state index in [9.17, 15) is 20.0 Å². The van der Waals surface area contributed by atoms with Crippen LogP contribution in [0.3, 0.4) is 0 Å². The highest BCUT2D eigenvalue weighted by Crippen LogP contribution is 2.20. The van der Waals surface area contributed by atoms with Crippen molar-refractivity contribution in [1.29, 1.82) is 5.26 Å². The van der Waals surface area contributed by atoms with Gasteiger partial charge in [-0.1, -0.05) is 17.3 Å². The molecule has 2 N–H and O–H groups in total. The Morgan fingerprint density at radius 1 is 1.36 bits per heavy atom. The van der Waals surface area contributed by atoms with Gasteiger partial charge in [0.25, 0.3) is 5.91 Å². The number of rotatable bonds is 5. The predicted molar refractivity (Wildman–Crippen MR) is 87.2 cm³/mol. The number of nitrogens with zero attached hydrogens (tertiary/aromatic N) is 2. The Bertz CT molecular complexity index is 859. The van der Waals surface area contributed by atoms with Gasteiger partial charge in [-0.15, -0.1) is 0 Å². The van der Waals surface area contributed by atoms with E-state index >= 15 is 0 Å². The Morgan fingerprint density at radius 3 is 2.56 bits per heavy atom. The topological polar surface area (TPSA) is 125 Å². The Balaban J connectivity index is 2.16. The van der Waals surface area contributed by atoms with Crippen LogP contribution in [0.2, 0.25) is 0 Å². The molecule has 1 amide bonds. The fraction of sp³-hybridized carbons (Fsp3) is 0.176. The molecular formula is C17H15N3O5. The standard InChI is InChI=1S/C17H15N3O5/c1-10-14(9-19-25-10)16(22)13(8-18)17(23)20-12-5-3-11(4-6-12)7-15(21)24-2/h3-6,9,22H,7H2,1-2H3,(H,20,23)/b16-13-. The largest absolute Gasteiger partial charge is 0.506 e. The number of carbonyl (C=O) groups is 2. The Labute approximate surface area is 143 Å². The summed E-state index contributed by atoms with van der Waals surface area (Å²) in [5, 5.41) is 25.3. The number of ether oxygens (including phenoxy) is 1. The van der Waals surface area contributed by atoms with E-state index in [2.05, 4.69) is 15.2 Å². The zero-order chi connectivity index (χ0) is 18.4. The number of hydrogen-bond acceptors (Lipinski definition) is 7. The molecule has 0 bridgehead atoms. The Kier molecular flexibility index (Phi) is 5.53. The summed E-state index contributed by atoms with van der Waals surface area (Å²) in [5.41, 5.74) is 0.815. The molecule has 2 aromatic rings. The number of nitriles is 1. The van der Waals surface area contributed by atoms with Crippen LogP contribution in [-0.2, 0) is 20.7 Å². The first-order chi connectivity index (χ1) is 12.0. The summed E-state index contributed by atoms with van der Waals surface area (Å²) < 4.78 is 9.38. The maximum Gasteiger partial charge on any atom is 0.309 e. The van der Waals surface area contributed by atoms with Gasteiger partial charge in [0.05, 0.1) is 25.3 Å². The van der Waals surface area contributed by atoms with Gasteiger partial charge in [0.15, 0.2) is 11.3 Å². The SMILES string of the molecule is COC(=O)Cc1ccc(NC(=O)/C(C#N)=C(\O)c2cnoc2C)cc1. The number of anilines is 1. The lowest BCUT2D eigenvalue weighted by Gasteiger charge is -2.07. The van der Waals surface area contributed by atoms with Gasteiger partial charge in [-0.2, -0.15) is 5.26 Å². The van der Waals surface area contributed by atoms with E-state index in [1.165, 1.54) is 13.3 Å². The van der Waals surface area contributed by atoms with Crippen LogP contribution < -0.4 is 5.32 Å². The highest BCUT2D eigenvalue weighted by molar-refractivity contribution is 6.11. The minimum atomic E-state index is -0.777. The van der Waals surface area contributed by atoms with Crippen LogP contribution in [0.15, 0.2) is 40.6 Å². The molecule has 0 unspecified atom stereocenters. The number of aryl methyl sites for hydroxylation is 1. The van der Waals surface area contributed by atoms with Gasteiger partial charge in [0.2, 0.25) is 0 Å². The molecule has 2 rings (SSSR count). The van der Waals surface area contributed by atoms with Crippen LogP contribution in [0.4, 0.5) is 5.69 Å². The van der Waals surface area contributed by atoms with Crippen LogP contribution in [0.1, 0.15) is 16.9 Å². The number of esters is 1. The number of amides is 1. The third-order valence-electron chi connectivity index (χ3n) is 3.37. The molecule has 0 aliphatic rings. The van der Waals surface area contributed by atoms with Crippen LogP contribution in [0.25, 0.3) is 5.76 Å². The average molecular weight is 341 g/mol. The van der Waals surface area contributed by atoms with Gasteiger partial charge in [0.1, 0.15) is 11.8 Å². The predicted octanol–water partition coefficient (Wildman–Crippen LogP) is 2.13. The second-order valence-electron chi connectivity index (χ2n) is 5.04. The van der Waals surface area contributed by atoms with E-state index in [1.54, 1.807) is 37.3 Å². The molecule has 1 aromatic heterocycles. The molecule has 0 radical (unpaired) electrons. The number of hydrogen-bond donors (Lipinski definition) is 2. The third kappa shape index (κ3) is 4.23. The summed E-state index contributed by atoms with van der Waals surface area (Å²) in [4.78, 5) is 23.4. The third-order valence-corrected chi connectivity index (χ3v) is 3.37. The summed E-state index contributed by atoms with van der Waals surface area (Å²) >= 11 is 0. The van der Waals surface area contributed by atoms with Crippen molar-refractivity contribution in [2.75, 3.05) is 12.4 Å². The van der Waals surface area contributed by atoms with Crippen LogP contribution >= 0.6 is 0 Å². The molecule has 25 heavy (non-hydrogen) atoms. The average Bonchev–Trinajstić information content (AvgIpc) is 3.03. The number of methoxy groups -OCH3 is 1. The van der Waals surface area contributed by atoms with E-state index in [0.717, 1.165) is 0 Å². The van der Waals surface area contributed by atoms with Crippen molar-refractivity contribution in [3.8, 4) is 6.07 Å². The van der Waals surface area contributed by atoms with Crippen LogP contribution in [0, 0.1) is 18.3 Å². The summed E-state index contributed by atoms with van der Waals surface area (Å²) in [6, 6.07) is 8.11. The first kappa shape index (κ1) is 17.7. The first-order valence-corrected chi connectivity index (χ1v) is 7.18. The molecule has 0 fully saturated rings. The molecular weight excluding hydrogens is 326 g/mol. The molecule has 0 aliphatic heterocycles. The summed E-state index contributed by atoms with van der Waals surface area (Å²) in [5.74, 6) is -1.38. The molecule has 8 heteroatoms. The lowest BCUT2D eigenvalue weighted by atomic mass is 10.1. The molecule has 1 heterocycles. The van der Waals surface area contributed by atoms with Crippen molar-refractivity contribution in [2.45, 2.75) is 13.3 Å². The van der Waals surface area contributed by atoms with Gasteiger partial charge in [-0.05, 0) is 24.6 Å². The van der Waals surface area contributed by atoms with Crippen molar-refractivity contribution in [3.05, 3.63) is 52.9 Å². The van der Waals surface area contributed by atoms with Crippen molar-refractivity contribution < 1.29 is 24.0 Å². The summed E-state index contributed by atoms with van der Waals surface area (Å²) in [7, 11) is 1.30. The maximum atomic E-state index is 12.2. The highest BCUT2D eigenvalue weighted by Gasteiger charge is 2.20. The van der Waals surface area contributed by atoms with E-state index in [-0.39, 0.29) is 23.7 Å². The maximum absolute atomic E-state index is 12.2. The monoisotopic (exact) mass is 341 g/mol. The summed E-state index contributed by atoms with van der Waals surface area (Å²) in [6.45, 7) is 1.55. The fourth-order valence-corrected chi connectivity index (χ4v) is 2.01. The van der Waals surface area contributed by atoms with Crippen molar-refractivity contribution in [3.63, 3.8) is 0 Å². The number of nitrogens with one attached hydrogen (secondary N) is 1. The minimum Gasteiger partial charge on any atom is -0.506 e. The van der Waals surface area contributed by atoms with E-state index in [4.69, 9.17) is 4.52 Å². The van der Waals surface area contributed by atoms with Crippen LogP contribution in [0.5, 0.6) is 0 Å². The second kappa shape index (κ2) is 7.79. The Hall–Kier alpha value is -3.60. The quantitative estimate of drug-likeness (QED) is 0.369. The lowest BCUT2D eigenvalue weighted by molar-refractivity contribution is -0.139. The molecule has 0 atom stereocenters. The van der Waals surface area contributed by atoms with Crippen molar-refractivity contribution in [2.24, 2.45) is 0 Å². The van der Waals surface area contributed by atoms with Crippen molar-refractivity contribution >= 4 is 23.3 Å². The van der Waals surface area contributed by atoms with Crippen LogP contribution in [-0.4, -0.2) is 29.2 Å². The summed E-state index contributed by atoms with van der Waals surface area (Å²) in [6.07, 6.45) is 1.33. The number of aliphatic hydroxyl groups is 1. The molecule has 0 saturated heterocycles. The van der Waals surface area contributed by atoms with E-state index in [1.807, 2.05) is 0 Å². The number of aliphatic hydroxyl groups excluding tert-OH is 1. The molecule has 0 aliphatic carbocycles. The first-order valence-electron chi connectivity index (χ1n) is 7.18. The number of carbonyl (C=O) groups excluding carboxylic acids is 2. The Morgan fingerprint density at radius 2 is 2.04 bits per heavy atom. The zero-order valence-electron chi connectivity index (χ0n) is 13.6. The molecule has 0 saturated carbocycles. The lowest BCUT2D eigenvalue weighted by Crippen LogP contribution is -2.15. The van der Waals surface area contributed by atoms with Crippen molar-refractivity contribution in [1.82, 2.24) is 5.16 Å². The highest BCUT2D eigenvalue weighted by atomic mass is 16.5. The normalized spacial score (nSPS) is 11.2. The van der Waals surface area contributed by atoms with Gasteiger partial charge < -0.3 is 19.7 Å².